The molecule has 0 radical (unpaired) electrons. The lowest BCUT2D eigenvalue weighted by Crippen LogP contribution is -2.33. The third kappa shape index (κ3) is 2.74. The van der Waals surface area contributed by atoms with Gasteiger partial charge in [0.2, 0.25) is 5.88 Å². The van der Waals surface area contributed by atoms with Gasteiger partial charge in [-0.2, -0.15) is 0 Å². The summed E-state index contributed by atoms with van der Waals surface area (Å²) in [5.74, 6) is -0.971. The first-order valence-corrected chi connectivity index (χ1v) is 5.57. The Morgan fingerprint density at radius 1 is 1.45 bits per heavy atom. The summed E-state index contributed by atoms with van der Waals surface area (Å²) >= 11 is 0. The number of hydrogen-bond acceptors (Lipinski definition) is 5. The van der Waals surface area contributed by atoms with Crippen LogP contribution in [0.1, 0.15) is 15.9 Å². The predicted molar refractivity (Wildman–Crippen MR) is 68.2 cm³/mol. The van der Waals surface area contributed by atoms with E-state index in [0.29, 0.717) is 11.4 Å². The number of nitrogens with one attached hydrogen (secondary N) is 1. The molecule has 0 unspecified atom stereocenters. The van der Waals surface area contributed by atoms with Crippen molar-refractivity contribution >= 4 is 5.97 Å². The molecule has 0 aliphatic heterocycles. The normalized spacial score (nSPS) is 10.2. The average molecular weight is 277 g/mol. The number of hydrogen-bond donors (Lipinski definition) is 2. The molecule has 0 bridgehead atoms. The zero-order valence-corrected chi connectivity index (χ0v) is 10.5. The molecule has 2 aromatic rings. The molecule has 2 aromatic heterocycles. The van der Waals surface area contributed by atoms with Crippen molar-refractivity contribution < 1.29 is 14.6 Å². The summed E-state index contributed by atoms with van der Waals surface area (Å²) in [6.45, 7) is 0.0902. The molecule has 0 atom stereocenters. The SMILES string of the molecule is COc1ccc(Cn2cc(C(=O)O)c(=O)[nH]c2=O)cn1. The molecule has 0 fully saturated rings. The molecule has 20 heavy (non-hydrogen) atoms. The number of carboxylic acid groups (broad SMARTS) is 1. The van der Waals surface area contributed by atoms with E-state index in [9.17, 15) is 14.4 Å². The molecule has 0 aromatic carbocycles. The summed E-state index contributed by atoms with van der Waals surface area (Å²) in [6.07, 6.45) is 2.50. The van der Waals surface area contributed by atoms with E-state index in [-0.39, 0.29) is 6.54 Å². The first kappa shape index (κ1) is 13.5. The fraction of sp³-hybridized carbons (Fsp3) is 0.167. The molecular formula is C12H11N3O5. The van der Waals surface area contributed by atoms with Crippen LogP contribution in [0.25, 0.3) is 0 Å². The first-order valence-electron chi connectivity index (χ1n) is 5.57. The summed E-state index contributed by atoms with van der Waals surface area (Å²) in [4.78, 5) is 39.7. The van der Waals surface area contributed by atoms with Crippen LogP contribution in [0.5, 0.6) is 5.88 Å². The third-order valence-electron chi connectivity index (χ3n) is 2.60. The third-order valence-corrected chi connectivity index (χ3v) is 2.60. The van der Waals surface area contributed by atoms with Gasteiger partial charge in [-0.1, -0.05) is 6.07 Å². The van der Waals surface area contributed by atoms with E-state index in [4.69, 9.17) is 9.84 Å². The molecule has 0 amide bonds. The number of carbonyl (C=O) groups is 1. The number of ether oxygens (including phenoxy) is 1. The summed E-state index contributed by atoms with van der Waals surface area (Å²) in [5.41, 5.74) is -1.44. The summed E-state index contributed by atoms with van der Waals surface area (Å²) in [5, 5.41) is 8.85. The Morgan fingerprint density at radius 3 is 2.75 bits per heavy atom. The Bertz CT molecular complexity index is 745. The average Bonchev–Trinajstić information content (AvgIpc) is 2.42. The Kier molecular flexibility index (Phi) is 3.65. The minimum Gasteiger partial charge on any atom is -0.481 e. The molecule has 0 saturated carbocycles. The highest BCUT2D eigenvalue weighted by Crippen LogP contribution is 2.07. The number of methoxy groups -OCH3 is 1. The van der Waals surface area contributed by atoms with Crippen molar-refractivity contribution in [1.29, 1.82) is 0 Å². The highest BCUT2D eigenvalue weighted by atomic mass is 16.5. The van der Waals surface area contributed by atoms with E-state index in [2.05, 4.69) is 4.98 Å². The van der Waals surface area contributed by atoms with Crippen molar-refractivity contribution in [3.8, 4) is 5.88 Å². The standard InChI is InChI=1S/C12H11N3O5/c1-20-9-3-2-7(4-13-9)5-15-6-8(11(17)18)10(16)14-12(15)19/h2-4,6H,5H2,1H3,(H,17,18)(H,14,16,19). The summed E-state index contributed by atoms with van der Waals surface area (Å²) in [7, 11) is 1.48. The van der Waals surface area contributed by atoms with Crippen LogP contribution in [-0.4, -0.2) is 32.7 Å². The minimum atomic E-state index is -1.40. The molecule has 0 saturated heterocycles. The number of pyridine rings is 1. The zero-order chi connectivity index (χ0) is 14.7. The van der Waals surface area contributed by atoms with Crippen LogP contribution in [0.3, 0.4) is 0 Å². The van der Waals surface area contributed by atoms with Crippen LogP contribution >= 0.6 is 0 Å². The van der Waals surface area contributed by atoms with Crippen LogP contribution in [0, 0.1) is 0 Å². The van der Waals surface area contributed by atoms with Crippen molar-refractivity contribution in [2.75, 3.05) is 7.11 Å². The maximum Gasteiger partial charge on any atom is 0.342 e. The van der Waals surface area contributed by atoms with Crippen molar-refractivity contribution in [3.63, 3.8) is 0 Å². The monoisotopic (exact) mass is 277 g/mol. The van der Waals surface area contributed by atoms with Crippen LogP contribution < -0.4 is 16.0 Å². The van der Waals surface area contributed by atoms with Crippen LogP contribution in [0.15, 0.2) is 34.1 Å². The lowest BCUT2D eigenvalue weighted by atomic mass is 10.2. The van der Waals surface area contributed by atoms with Gasteiger partial charge in [-0.25, -0.2) is 14.6 Å². The Labute approximate surface area is 112 Å². The second kappa shape index (κ2) is 5.39. The van der Waals surface area contributed by atoms with Gasteiger partial charge in [0.1, 0.15) is 5.56 Å². The molecule has 0 aliphatic carbocycles. The van der Waals surface area contributed by atoms with Gasteiger partial charge in [-0.15, -0.1) is 0 Å². The molecule has 0 aliphatic rings. The van der Waals surface area contributed by atoms with E-state index >= 15 is 0 Å². The number of aromatic nitrogens is 3. The number of carboxylic acids is 1. The quantitative estimate of drug-likeness (QED) is 0.792. The van der Waals surface area contributed by atoms with Crippen LogP contribution in [0.2, 0.25) is 0 Å². The second-order valence-corrected chi connectivity index (χ2v) is 3.94. The maximum atomic E-state index is 11.6. The topological polar surface area (TPSA) is 114 Å². The van der Waals surface area contributed by atoms with Crippen LogP contribution in [-0.2, 0) is 6.54 Å². The Balaban J connectivity index is 2.37. The van der Waals surface area contributed by atoms with E-state index < -0.39 is 22.8 Å². The van der Waals surface area contributed by atoms with Gasteiger partial charge in [-0.05, 0) is 5.56 Å². The summed E-state index contributed by atoms with van der Waals surface area (Å²) < 4.78 is 6.00. The zero-order valence-electron chi connectivity index (χ0n) is 10.5. The first-order chi connectivity index (χ1) is 9.51. The molecule has 2 rings (SSSR count). The fourth-order valence-electron chi connectivity index (χ4n) is 1.60. The van der Waals surface area contributed by atoms with Crippen molar-refractivity contribution in [3.05, 3.63) is 56.5 Å². The maximum absolute atomic E-state index is 11.6. The van der Waals surface area contributed by atoms with E-state index in [1.165, 1.54) is 13.3 Å². The Morgan fingerprint density at radius 2 is 2.20 bits per heavy atom. The number of rotatable bonds is 4. The van der Waals surface area contributed by atoms with Gasteiger partial charge in [-0.3, -0.25) is 14.3 Å². The van der Waals surface area contributed by atoms with E-state index in [1.807, 2.05) is 4.98 Å². The molecule has 2 heterocycles. The molecule has 0 spiro atoms. The van der Waals surface area contributed by atoms with Gasteiger partial charge in [0, 0.05) is 18.5 Å². The molecule has 104 valence electrons. The van der Waals surface area contributed by atoms with Gasteiger partial charge in [0.25, 0.3) is 5.56 Å². The molecule has 2 N–H and O–H groups in total. The van der Waals surface area contributed by atoms with Gasteiger partial charge in [0.15, 0.2) is 0 Å². The summed E-state index contributed by atoms with van der Waals surface area (Å²) in [6, 6.07) is 3.30. The van der Waals surface area contributed by atoms with Gasteiger partial charge in [0.05, 0.1) is 13.7 Å². The molecular weight excluding hydrogens is 266 g/mol. The number of H-pyrrole nitrogens is 1. The van der Waals surface area contributed by atoms with Crippen molar-refractivity contribution in [2.45, 2.75) is 6.54 Å². The smallest absolute Gasteiger partial charge is 0.342 e. The van der Waals surface area contributed by atoms with Crippen LogP contribution in [0.4, 0.5) is 0 Å². The molecule has 8 heteroatoms. The minimum absolute atomic E-state index is 0.0902. The predicted octanol–water partition coefficient (Wildman–Crippen LogP) is -0.313. The second-order valence-electron chi connectivity index (χ2n) is 3.94. The fourth-order valence-corrected chi connectivity index (χ4v) is 1.60. The van der Waals surface area contributed by atoms with Crippen molar-refractivity contribution in [1.82, 2.24) is 14.5 Å². The number of aromatic carboxylic acids is 1. The van der Waals surface area contributed by atoms with Gasteiger partial charge >= 0.3 is 11.7 Å². The number of nitrogens with zero attached hydrogens (tertiary/aromatic N) is 2. The lowest BCUT2D eigenvalue weighted by molar-refractivity contribution is 0.0693. The Hall–Kier alpha value is -2.90. The molecule has 8 nitrogen and oxygen atoms in total. The van der Waals surface area contributed by atoms with E-state index in [0.717, 1.165) is 10.8 Å². The highest BCUT2D eigenvalue weighted by molar-refractivity contribution is 5.86. The largest absolute Gasteiger partial charge is 0.481 e. The van der Waals surface area contributed by atoms with Crippen molar-refractivity contribution in [2.24, 2.45) is 0 Å². The number of aromatic amines is 1. The lowest BCUT2D eigenvalue weighted by Gasteiger charge is -2.06. The highest BCUT2D eigenvalue weighted by Gasteiger charge is 2.11. The van der Waals surface area contributed by atoms with Gasteiger partial charge < -0.3 is 9.84 Å². The van der Waals surface area contributed by atoms with E-state index in [1.54, 1.807) is 12.1 Å².